The van der Waals surface area contributed by atoms with Gasteiger partial charge < -0.3 is 9.72 Å². The summed E-state index contributed by atoms with van der Waals surface area (Å²) in [7, 11) is 0. The molecule has 3 aromatic rings. The number of H-pyrrole nitrogens is 1. The summed E-state index contributed by atoms with van der Waals surface area (Å²) >= 11 is 6.17. The van der Waals surface area contributed by atoms with E-state index in [0.29, 0.717) is 23.0 Å². The van der Waals surface area contributed by atoms with E-state index in [2.05, 4.69) is 18.8 Å². The number of aromatic amines is 1. The topological polar surface area (TPSA) is 68.2 Å². The predicted octanol–water partition coefficient (Wildman–Crippen LogP) is 5.95. The molecule has 5 nitrogen and oxygen atoms in total. The van der Waals surface area contributed by atoms with E-state index in [-0.39, 0.29) is 10.7 Å². The van der Waals surface area contributed by atoms with Gasteiger partial charge in [0, 0.05) is 34.8 Å². The molecule has 124 valence electrons. The maximum absolute atomic E-state index is 10.9. The van der Waals surface area contributed by atoms with Crippen LogP contribution in [0.1, 0.15) is 30.9 Å². The monoisotopic (exact) mass is 344 g/mol. The number of nitrogens with zero attached hydrogens (tertiary/aromatic N) is 1. The Kier molecular flexibility index (Phi) is 4.20. The second-order valence-corrected chi connectivity index (χ2v) is 6.45. The van der Waals surface area contributed by atoms with Crippen LogP contribution in [0.3, 0.4) is 0 Å². The van der Waals surface area contributed by atoms with Gasteiger partial charge in [0.2, 0.25) is 0 Å². The Morgan fingerprint density at radius 3 is 2.62 bits per heavy atom. The quantitative estimate of drug-likeness (QED) is 0.469. The minimum atomic E-state index is -0.469. The van der Waals surface area contributed by atoms with Crippen molar-refractivity contribution in [1.82, 2.24) is 4.98 Å². The number of fused-ring (bicyclic) bond motifs is 1. The van der Waals surface area contributed by atoms with Crippen molar-refractivity contribution in [3.63, 3.8) is 0 Å². The Morgan fingerprint density at radius 1 is 1.25 bits per heavy atom. The number of nitro benzene ring substituents is 1. The number of rotatable bonds is 4. The van der Waals surface area contributed by atoms with Crippen molar-refractivity contribution < 1.29 is 9.66 Å². The summed E-state index contributed by atoms with van der Waals surface area (Å²) in [5.41, 5.74) is 2.82. The van der Waals surface area contributed by atoms with Crippen LogP contribution in [0.25, 0.3) is 10.9 Å². The summed E-state index contributed by atoms with van der Waals surface area (Å²) in [5.74, 6) is 1.46. The van der Waals surface area contributed by atoms with E-state index >= 15 is 0 Å². The number of non-ortho nitro benzene ring substituents is 1. The molecule has 0 radical (unpaired) electrons. The summed E-state index contributed by atoms with van der Waals surface area (Å²) in [6.45, 7) is 6.00. The molecule has 1 N–H and O–H groups in total. The van der Waals surface area contributed by atoms with Crippen molar-refractivity contribution in [2.75, 3.05) is 0 Å². The van der Waals surface area contributed by atoms with Crippen LogP contribution < -0.4 is 4.74 Å². The van der Waals surface area contributed by atoms with Crippen LogP contribution in [-0.4, -0.2) is 9.91 Å². The lowest BCUT2D eigenvalue weighted by Crippen LogP contribution is -1.93. The van der Waals surface area contributed by atoms with Gasteiger partial charge in [0.25, 0.3) is 5.69 Å². The van der Waals surface area contributed by atoms with E-state index in [0.717, 1.165) is 10.9 Å². The maximum Gasteiger partial charge on any atom is 0.271 e. The molecular weight excluding hydrogens is 328 g/mol. The highest BCUT2D eigenvalue weighted by atomic mass is 35.5. The van der Waals surface area contributed by atoms with Crippen molar-refractivity contribution >= 4 is 28.2 Å². The highest BCUT2D eigenvalue weighted by molar-refractivity contribution is 6.32. The van der Waals surface area contributed by atoms with Crippen LogP contribution in [-0.2, 0) is 0 Å². The smallest absolute Gasteiger partial charge is 0.271 e. The Labute approximate surface area is 144 Å². The first-order valence-corrected chi connectivity index (χ1v) is 7.98. The molecule has 2 aromatic carbocycles. The highest BCUT2D eigenvalue weighted by Gasteiger charge is 2.16. The number of nitro groups is 1. The highest BCUT2D eigenvalue weighted by Crippen LogP contribution is 2.37. The minimum Gasteiger partial charge on any atom is -0.455 e. The second kappa shape index (κ2) is 6.17. The van der Waals surface area contributed by atoms with E-state index in [1.165, 1.54) is 17.7 Å². The molecule has 0 saturated carbocycles. The summed E-state index contributed by atoms with van der Waals surface area (Å²) in [5, 5.41) is 12.2. The minimum absolute atomic E-state index is 0.0481. The van der Waals surface area contributed by atoms with E-state index in [1.54, 1.807) is 6.92 Å². The number of aromatic nitrogens is 1. The van der Waals surface area contributed by atoms with Crippen LogP contribution in [0.4, 0.5) is 5.69 Å². The van der Waals surface area contributed by atoms with Crippen molar-refractivity contribution in [2.24, 2.45) is 0 Å². The van der Waals surface area contributed by atoms with Crippen LogP contribution in [0, 0.1) is 17.0 Å². The average Bonchev–Trinajstić information content (AvgIpc) is 2.93. The molecule has 0 atom stereocenters. The number of halogens is 1. The fourth-order valence-electron chi connectivity index (χ4n) is 2.73. The molecule has 1 heterocycles. The fraction of sp³-hybridized carbons (Fsp3) is 0.222. The van der Waals surface area contributed by atoms with E-state index in [4.69, 9.17) is 16.3 Å². The molecule has 3 rings (SSSR count). The molecule has 0 aliphatic rings. The lowest BCUT2D eigenvalue weighted by Gasteiger charge is -2.11. The first-order chi connectivity index (χ1) is 11.4. The van der Waals surface area contributed by atoms with E-state index in [1.807, 2.05) is 24.4 Å². The van der Waals surface area contributed by atoms with Gasteiger partial charge in [-0.3, -0.25) is 10.1 Å². The summed E-state index contributed by atoms with van der Waals surface area (Å²) in [4.78, 5) is 13.7. The lowest BCUT2D eigenvalue weighted by molar-refractivity contribution is -0.384. The molecule has 0 saturated heterocycles. The average molecular weight is 345 g/mol. The van der Waals surface area contributed by atoms with Gasteiger partial charge in [0.15, 0.2) is 0 Å². The third-order valence-electron chi connectivity index (χ3n) is 3.95. The van der Waals surface area contributed by atoms with E-state index < -0.39 is 4.92 Å². The van der Waals surface area contributed by atoms with Crippen molar-refractivity contribution in [3.8, 4) is 11.5 Å². The number of aryl methyl sites for hydroxylation is 1. The lowest BCUT2D eigenvalue weighted by atomic mass is 10.0. The molecule has 6 heteroatoms. The number of ether oxygens (including phenoxy) is 1. The fourth-order valence-corrected chi connectivity index (χ4v) is 3.03. The van der Waals surface area contributed by atoms with Gasteiger partial charge in [0.1, 0.15) is 11.5 Å². The second-order valence-electron chi connectivity index (χ2n) is 6.04. The molecule has 24 heavy (non-hydrogen) atoms. The number of benzene rings is 2. The van der Waals surface area contributed by atoms with Gasteiger partial charge in [-0.25, -0.2) is 0 Å². The largest absolute Gasteiger partial charge is 0.455 e. The third kappa shape index (κ3) is 2.95. The zero-order valence-corrected chi connectivity index (χ0v) is 14.3. The Morgan fingerprint density at radius 2 is 2.00 bits per heavy atom. The molecular formula is C18H17ClN2O3. The van der Waals surface area contributed by atoms with Gasteiger partial charge in [-0.05, 0) is 36.6 Å². The molecule has 0 aliphatic carbocycles. The predicted molar refractivity (Wildman–Crippen MR) is 95.3 cm³/mol. The van der Waals surface area contributed by atoms with Gasteiger partial charge in [0.05, 0.1) is 9.95 Å². The standard InChI is InChI=1S/C18H17ClN2O3/c1-10(2)15-9-20-17-5-4-13(8-14(15)17)24-18-11(3)6-12(21(22)23)7-16(18)19/h4-10,20H,1-3H3. The molecule has 1 aromatic heterocycles. The maximum atomic E-state index is 10.9. The van der Waals surface area contributed by atoms with Gasteiger partial charge in [-0.2, -0.15) is 0 Å². The number of nitrogens with one attached hydrogen (secondary N) is 1. The number of hydrogen-bond acceptors (Lipinski definition) is 3. The first kappa shape index (κ1) is 16.3. The summed E-state index contributed by atoms with van der Waals surface area (Å²) < 4.78 is 5.92. The molecule has 0 unspecified atom stereocenters. The molecule has 0 spiro atoms. The van der Waals surface area contributed by atoms with Crippen molar-refractivity contribution in [3.05, 3.63) is 62.8 Å². The van der Waals surface area contributed by atoms with Gasteiger partial charge in [-0.15, -0.1) is 0 Å². The van der Waals surface area contributed by atoms with Crippen LogP contribution in [0.15, 0.2) is 36.5 Å². The van der Waals surface area contributed by atoms with Crippen LogP contribution in [0.5, 0.6) is 11.5 Å². The van der Waals surface area contributed by atoms with Crippen molar-refractivity contribution in [1.29, 1.82) is 0 Å². The molecule has 0 bridgehead atoms. The van der Waals surface area contributed by atoms with Crippen LogP contribution in [0.2, 0.25) is 5.02 Å². The number of hydrogen-bond donors (Lipinski definition) is 1. The molecule has 0 fully saturated rings. The Balaban J connectivity index is 2.01. The zero-order valence-electron chi connectivity index (χ0n) is 13.6. The molecule has 0 aliphatic heterocycles. The Hall–Kier alpha value is -2.53. The summed E-state index contributed by atoms with van der Waals surface area (Å²) in [6, 6.07) is 8.51. The van der Waals surface area contributed by atoms with E-state index in [9.17, 15) is 10.1 Å². The van der Waals surface area contributed by atoms with Gasteiger partial charge in [-0.1, -0.05) is 25.4 Å². The third-order valence-corrected chi connectivity index (χ3v) is 4.23. The van der Waals surface area contributed by atoms with Crippen LogP contribution >= 0.6 is 11.6 Å². The SMILES string of the molecule is Cc1cc([N+](=O)[O-])cc(Cl)c1Oc1ccc2[nH]cc(C(C)C)c2c1. The normalized spacial score (nSPS) is 11.2. The van der Waals surface area contributed by atoms with Gasteiger partial charge >= 0.3 is 0 Å². The van der Waals surface area contributed by atoms with Crippen molar-refractivity contribution in [2.45, 2.75) is 26.7 Å². The molecule has 0 amide bonds. The Bertz CT molecular complexity index is 908. The zero-order chi connectivity index (χ0) is 17.4. The summed E-state index contributed by atoms with van der Waals surface area (Å²) in [6.07, 6.45) is 2.00. The first-order valence-electron chi connectivity index (χ1n) is 7.60.